The van der Waals surface area contributed by atoms with Crippen LogP contribution in [0.4, 0.5) is 4.39 Å². The number of nitrogens with one attached hydrogen (secondary N) is 1. The van der Waals surface area contributed by atoms with Crippen LogP contribution in [0.15, 0.2) is 22.7 Å². The normalized spacial score (nSPS) is 26.0. The lowest BCUT2D eigenvalue weighted by atomic mass is 9.77. The Kier molecular flexibility index (Phi) is 4.76. The summed E-state index contributed by atoms with van der Waals surface area (Å²) >= 11 is 3.49. The molecule has 1 saturated carbocycles. The van der Waals surface area contributed by atoms with Gasteiger partial charge in [-0.2, -0.15) is 0 Å². The van der Waals surface area contributed by atoms with Crippen molar-refractivity contribution in [2.75, 3.05) is 0 Å². The van der Waals surface area contributed by atoms with Crippen LogP contribution < -0.4 is 11.3 Å². The van der Waals surface area contributed by atoms with E-state index in [1.165, 1.54) is 18.9 Å². The van der Waals surface area contributed by atoms with E-state index >= 15 is 0 Å². The zero-order valence-electron chi connectivity index (χ0n) is 10.6. The van der Waals surface area contributed by atoms with Crippen LogP contribution >= 0.6 is 15.9 Å². The van der Waals surface area contributed by atoms with Gasteiger partial charge in [0.2, 0.25) is 0 Å². The van der Waals surface area contributed by atoms with E-state index in [4.69, 9.17) is 5.84 Å². The molecule has 0 heterocycles. The predicted molar refractivity (Wildman–Crippen MR) is 75.3 cm³/mol. The highest BCUT2D eigenvalue weighted by molar-refractivity contribution is 9.10. The van der Waals surface area contributed by atoms with Crippen LogP contribution in [0.2, 0.25) is 0 Å². The van der Waals surface area contributed by atoms with E-state index in [-0.39, 0.29) is 11.9 Å². The van der Waals surface area contributed by atoms with Crippen molar-refractivity contribution in [2.24, 2.45) is 17.7 Å². The second-order valence-corrected chi connectivity index (χ2v) is 6.20. The van der Waals surface area contributed by atoms with Crippen LogP contribution in [-0.2, 0) is 0 Å². The molecule has 3 atom stereocenters. The van der Waals surface area contributed by atoms with Gasteiger partial charge in [0.1, 0.15) is 5.82 Å². The van der Waals surface area contributed by atoms with Crippen LogP contribution in [0.5, 0.6) is 0 Å². The van der Waals surface area contributed by atoms with Crippen molar-refractivity contribution in [1.29, 1.82) is 0 Å². The third kappa shape index (κ3) is 3.11. The summed E-state index contributed by atoms with van der Waals surface area (Å²) in [7, 11) is 0. The average Bonchev–Trinajstić information content (AvgIpc) is 2.35. The molecular weight excluding hydrogens is 295 g/mol. The molecule has 0 aromatic heterocycles. The molecule has 0 saturated heterocycles. The van der Waals surface area contributed by atoms with Gasteiger partial charge < -0.3 is 0 Å². The molecule has 18 heavy (non-hydrogen) atoms. The van der Waals surface area contributed by atoms with Gasteiger partial charge in [-0.15, -0.1) is 0 Å². The fourth-order valence-electron chi connectivity index (χ4n) is 3.02. The molecule has 0 amide bonds. The first-order valence-corrected chi connectivity index (χ1v) is 7.32. The summed E-state index contributed by atoms with van der Waals surface area (Å²) in [5.41, 5.74) is 3.81. The molecule has 0 aliphatic heterocycles. The number of halogens is 2. The molecule has 1 fully saturated rings. The van der Waals surface area contributed by atoms with Crippen LogP contribution in [0, 0.1) is 17.7 Å². The Balaban J connectivity index is 2.24. The first-order valence-electron chi connectivity index (χ1n) is 6.53. The summed E-state index contributed by atoms with van der Waals surface area (Å²) in [4.78, 5) is 0. The average molecular weight is 315 g/mol. The molecule has 1 aliphatic rings. The van der Waals surface area contributed by atoms with Crippen molar-refractivity contribution in [2.45, 2.75) is 38.6 Å². The summed E-state index contributed by atoms with van der Waals surface area (Å²) in [5.74, 6) is 6.71. The fraction of sp³-hybridized carbons (Fsp3) is 0.571. The standard InChI is InChI=1S/C14H20BrFN2/c1-9-3-2-4-10(7-9)14(18-17)12-8-11(16)5-6-13(12)15/h5-6,8-10,14,18H,2-4,7,17H2,1H3. The molecule has 1 aromatic rings. The van der Waals surface area contributed by atoms with Crippen LogP contribution in [0.3, 0.4) is 0 Å². The van der Waals surface area contributed by atoms with Gasteiger partial charge in [0.05, 0.1) is 0 Å². The Hall–Kier alpha value is -0.450. The molecule has 0 spiro atoms. The van der Waals surface area contributed by atoms with Crippen molar-refractivity contribution in [1.82, 2.24) is 5.43 Å². The maximum absolute atomic E-state index is 13.4. The van der Waals surface area contributed by atoms with Crippen molar-refractivity contribution < 1.29 is 4.39 Å². The van der Waals surface area contributed by atoms with E-state index in [2.05, 4.69) is 28.3 Å². The summed E-state index contributed by atoms with van der Waals surface area (Å²) < 4.78 is 14.3. The van der Waals surface area contributed by atoms with Gasteiger partial charge in [-0.05, 0) is 48.4 Å². The molecule has 3 N–H and O–H groups in total. The van der Waals surface area contributed by atoms with Crippen LogP contribution in [-0.4, -0.2) is 0 Å². The zero-order valence-corrected chi connectivity index (χ0v) is 12.2. The number of benzene rings is 1. The molecule has 2 rings (SSSR count). The minimum Gasteiger partial charge on any atom is -0.271 e. The van der Waals surface area contributed by atoms with Gasteiger partial charge in [-0.1, -0.05) is 35.7 Å². The maximum Gasteiger partial charge on any atom is 0.123 e. The van der Waals surface area contributed by atoms with Crippen molar-refractivity contribution in [3.05, 3.63) is 34.1 Å². The number of rotatable bonds is 3. The van der Waals surface area contributed by atoms with Gasteiger partial charge in [0.15, 0.2) is 0 Å². The van der Waals surface area contributed by atoms with Crippen molar-refractivity contribution in [3.63, 3.8) is 0 Å². The Morgan fingerprint density at radius 1 is 1.44 bits per heavy atom. The Labute approximate surface area is 116 Å². The molecular formula is C14H20BrFN2. The zero-order chi connectivity index (χ0) is 13.1. The third-order valence-corrected chi connectivity index (χ3v) is 4.64. The second kappa shape index (κ2) is 6.13. The summed E-state index contributed by atoms with van der Waals surface area (Å²) in [6.07, 6.45) is 4.83. The minimum atomic E-state index is -0.211. The molecule has 0 bridgehead atoms. The number of hydrogen-bond donors (Lipinski definition) is 2. The number of nitrogens with two attached hydrogens (primary N) is 1. The van der Waals surface area contributed by atoms with Crippen molar-refractivity contribution in [3.8, 4) is 0 Å². The van der Waals surface area contributed by atoms with E-state index in [1.807, 2.05) is 0 Å². The van der Waals surface area contributed by atoms with Gasteiger partial charge in [0.25, 0.3) is 0 Å². The lowest BCUT2D eigenvalue weighted by Crippen LogP contribution is -2.35. The summed E-state index contributed by atoms with van der Waals surface area (Å²) in [5, 5.41) is 0. The fourth-order valence-corrected chi connectivity index (χ4v) is 3.51. The van der Waals surface area contributed by atoms with E-state index in [0.717, 1.165) is 28.8 Å². The highest BCUT2D eigenvalue weighted by Gasteiger charge is 2.28. The van der Waals surface area contributed by atoms with Crippen molar-refractivity contribution >= 4 is 15.9 Å². The van der Waals surface area contributed by atoms with E-state index in [0.29, 0.717) is 5.92 Å². The quantitative estimate of drug-likeness (QED) is 0.655. The summed E-state index contributed by atoms with van der Waals surface area (Å²) in [6.45, 7) is 2.28. The Morgan fingerprint density at radius 2 is 2.22 bits per heavy atom. The summed E-state index contributed by atoms with van der Waals surface area (Å²) in [6, 6.07) is 4.82. The first kappa shape index (κ1) is 14.0. The molecule has 2 nitrogen and oxygen atoms in total. The first-order chi connectivity index (χ1) is 8.61. The highest BCUT2D eigenvalue weighted by atomic mass is 79.9. The lowest BCUT2D eigenvalue weighted by molar-refractivity contribution is 0.224. The molecule has 0 radical (unpaired) electrons. The molecule has 100 valence electrons. The molecule has 1 aromatic carbocycles. The van der Waals surface area contributed by atoms with Gasteiger partial charge in [-0.25, -0.2) is 4.39 Å². The largest absolute Gasteiger partial charge is 0.271 e. The van der Waals surface area contributed by atoms with Crippen LogP contribution in [0.1, 0.15) is 44.2 Å². The van der Waals surface area contributed by atoms with Gasteiger partial charge >= 0.3 is 0 Å². The van der Waals surface area contributed by atoms with E-state index < -0.39 is 0 Å². The number of hydrogen-bond acceptors (Lipinski definition) is 2. The van der Waals surface area contributed by atoms with E-state index in [9.17, 15) is 4.39 Å². The smallest absolute Gasteiger partial charge is 0.123 e. The van der Waals surface area contributed by atoms with Gasteiger partial charge in [-0.3, -0.25) is 11.3 Å². The molecule has 3 unspecified atom stereocenters. The predicted octanol–water partition coefficient (Wildman–Crippen LogP) is 3.92. The Bertz CT molecular complexity index is 411. The Morgan fingerprint density at radius 3 is 2.89 bits per heavy atom. The van der Waals surface area contributed by atoms with E-state index in [1.54, 1.807) is 12.1 Å². The minimum absolute atomic E-state index is 0.0258. The molecule has 4 heteroatoms. The molecule has 1 aliphatic carbocycles. The lowest BCUT2D eigenvalue weighted by Gasteiger charge is -2.33. The third-order valence-electron chi connectivity index (χ3n) is 3.92. The number of hydrazine groups is 1. The highest BCUT2D eigenvalue weighted by Crippen LogP contribution is 2.38. The topological polar surface area (TPSA) is 38.0 Å². The monoisotopic (exact) mass is 314 g/mol. The van der Waals surface area contributed by atoms with Crippen LogP contribution in [0.25, 0.3) is 0 Å². The SMILES string of the molecule is CC1CCCC(C(NN)c2cc(F)ccc2Br)C1. The van der Waals surface area contributed by atoms with Gasteiger partial charge in [0, 0.05) is 10.5 Å². The maximum atomic E-state index is 13.4. The second-order valence-electron chi connectivity index (χ2n) is 5.34.